The summed E-state index contributed by atoms with van der Waals surface area (Å²) < 4.78 is 0. The molecule has 1 heteroatoms. The van der Waals surface area contributed by atoms with Gasteiger partial charge in [0.2, 0.25) is 0 Å². The Kier molecular flexibility index (Phi) is 11.8. The molecular formula is C29H45P. The van der Waals surface area contributed by atoms with Gasteiger partial charge in [-0.2, -0.15) is 0 Å². The highest BCUT2D eigenvalue weighted by atomic mass is 31.0. The zero-order valence-corrected chi connectivity index (χ0v) is 21.3. The minimum atomic E-state index is 0.395. The topological polar surface area (TPSA) is 0 Å². The summed E-state index contributed by atoms with van der Waals surface area (Å²) in [6.45, 7) is 9.23. The third-order valence-electron chi connectivity index (χ3n) is 6.45. The van der Waals surface area contributed by atoms with Crippen molar-refractivity contribution in [3.8, 4) is 0 Å². The molecule has 0 amide bonds. The van der Waals surface area contributed by atoms with Gasteiger partial charge in [0.1, 0.15) is 0 Å². The largest absolute Gasteiger partial charge is 0.125 e. The first kappa shape index (κ1) is 25.1. The Bertz CT molecular complexity index is 683. The van der Waals surface area contributed by atoms with Gasteiger partial charge in [-0.1, -0.05) is 89.8 Å². The summed E-state index contributed by atoms with van der Waals surface area (Å²) in [7, 11) is 3.23. The molecule has 0 aliphatic rings. The molecule has 1 atom stereocenters. The average molecular weight is 425 g/mol. The van der Waals surface area contributed by atoms with Crippen molar-refractivity contribution in [2.24, 2.45) is 0 Å². The van der Waals surface area contributed by atoms with Gasteiger partial charge in [-0.25, -0.2) is 0 Å². The zero-order valence-electron chi connectivity index (χ0n) is 20.1. The fourth-order valence-corrected chi connectivity index (χ4v) is 5.20. The van der Waals surface area contributed by atoms with Gasteiger partial charge in [0.05, 0.1) is 0 Å². The molecule has 0 heterocycles. The lowest BCUT2D eigenvalue weighted by atomic mass is 9.86. The van der Waals surface area contributed by atoms with Crippen LogP contribution in [0.2, 0.25) is 0 Å². The highest BCUT2D eigenvalue weighted by molar-refractivity contribution is 7.17. The molecule has 0 aliphatic heterocycles. The first-order valence-electron chi connectivity index (χ1n) is 12.6. The van der Waals surface area contributed by atoms with E-state index in [0.717, 1.165) is 0 Å². The highest BCUT2D eigenvalue weighted by Gasteiger charge is 2.19. The Morgan fingerprint density at radius 2 is 0.933 bits per heavy atom. The Balaban J connectivity index is 2.48. The van der Waals surface area contributed by atoms with Crippen LogP contribution in [0.5, 0.6) is 0 Å². The van der Waals surface area contributed by atoms with E-state index in [1.807, 2.05) is 0 Å². The molecule has 166 valence electrons. The van der Waals surface area contributed by atoms with Gasteiger partial charge < -0.3 is 0 Å². The molecule has 1 unspecified atom stereocenters. The van der Waals surface area contributed by atoms with Crippen molar-refractivity contribution in [2.45, 2.75) is 110 Å². The Hall–Kier alpha value is -1.13. The minimum Gasteiger partial charge on any atom is -0.125 e. The summed E-state index contributed by atoms with van der Waals surface area (Å²) in [4.78, 5) is 0. The predicted octanol–water partition coefficient (Wildman–Crippen LogP) is 9.02. The maximum Gasteiger partial charge on any atom is 0.0239 e. The second-order valence-electron chi connectivity index (χ2n) is 8.86. The van der Waals surface area contributed by atoms with Gasteiger partial charge in [-0.3, -0.25) is 0 Å². The van der Waals surface area contributed by atoms with E-state index in [1.54, 1.807) is 33.4 Å². The molecule has 0 aliphatic carbocycles. The van der Waals surface area contributed by atoms with Crippen LogP contribution in [0.15, 0.2) is 36.4 Å². The van der Waals surface area contributed by atoms with Crippen molar-refractivity contribution in [2.75, 3.05) is 0 Å². The summed E-state index contributed by atoms with van der Waals surface area (Å²) in [5, 5.41) is 0. The number of hydrogen-bond donors (Lipinski definition) is 0. The Morgan fingerprint density at radius 1 is 0.567 bits per heavy atom. The van der Waals surface area contributed by atoms with Crippen molar-refractivity contribution in [1.29, 1.82) is 0 Å². The van der Waals surface area contributed by atoms with Crippen LogP contribution < -0.4 is 0 Å². The SMILES string of the molecule is CCCCc1cccc(C(P)c2cccc(CCCC)c2CCCC)c1CCCC. The summed E-state index contributed by atoms with van der Waals surface area (Å²) in [5.41, 5.74) is 9.94. The fourth-order valence-electron chi connectivity index (χ4n) is 4.58. The molecule has 2 rings (SSSR count). The van der Waals surface area contributed by atoms with Gasteiger partial charge >= 0.3 is 0 Å². The molecule has 2 aromatic carbocycles. The molecule has 0 spiro atoms. The van der Waals surface area contributed by atoms with Crippen molar-refractivity contribution in [3.05, 3.63) is 69.8 Å². The molecule has 0 fully saturated rings. The summed E-state index contributed by atoms with van der Waals surface area (Å²) in [6.07, 6.45) is 15.1. The third-order valence-corrected chi connectivity index (χ3v) is 7.17. The quantitative estimate of drug-likeness (QED) is 0.265. The van der Waals surface area contributed by atoms with Crippen LogP contribution in [0, 0.1) is 0 Å². The standard InChI is InChI=1S/C29H45P/c1-5-9-15-23-17-13-21-27(25(23)19-11-7-3)29(30)28-22-14-18-24(16-10-6-2)26(28)20-12-8-4/h13-14,17-18,21-22,29H,5-12,15-16,19-20,30H2,1-4H3. The first-order valence-corrected chi connectivity index (χ1v) is 13.3. The summed E-state index contributed by atoms with van der Waals surface area (Å²) in [5.74, 6) is 0. The molecule has 0 N–H and O–H groups in total. The Morgan fingerprint density at radius 3 is 1.30 bits per heavy atom. The monoisotopic (exact) mass is 424 g/mol. The zero-order chi connectivity index (χ0) is 21.8. The molecule has 0 nitrogen and oxygen atoms in total. The Labute approximate surface area is 189 Å². The molecule has 0 radical (unpaired) electrons. The van der Waals surface area contributed by atoms with E-state index >= 15 is 0 Å². The van der Waals surface area contributed by atoms with Gasteiger partial charge in [-0.05, 0) is 84.7 Å². The van der Waals surface area contributed by atoms with Crippen LogP contribution in [-0.4, -0.2) is 0 Å². The summed E-state index contributed by atoms with van der Waals surface area (Å²) in [6, 6.07) is 14.2. The van der Waals surface area contributed by atoms with Crippen LogP contribution >= 0.6 is 9.24 Å². The molecule has 2 aromatic rings. The molecule has 0 saturated carbocycles. The van der Waals surface area contributed by atoms with Gasteiger partial charge in [0.15, 0.2) is 0 Å². The van der Waals surface area contributed by atoms with Crippen molar-refractivity contribution < 1.29 is 0 Å². The first-order chi connectivity index (χ1) is 14.7. The predicted molar refractivity (Wildman–Crippen MR) is 139 cm³/mol. The van der Waals surface area contributed by atoms with E-state index in [2.05, 4.69) is 73.3 Å². The van der Waals surface area contributed by atoms with E-state index in [-0.39, 0.29) is 0 Å². The van der Waals surface area contributed by atoms with Gasteiger partial charge in [0.25, 0.3) is 0 Å². The molecule has 0 aromatic heterocycles. The van der Waals surface area contributed by atoms with E-state index in [4.69, 9.17) is 0 Å². The molecular weight excluding hydrogens is 379 g/mol. The third kappa shape index (κ3) is 6.95. The smallest absolute Gasteiger partial charge is 0.0239 e. The number of hydrogen-bond acceptors (Lipinski definition) is 0. The van der Waals surface area contributed by atoms with E-state index < -0.39 is 0 Å². The fraction of sp³-hybridized carbons (Fsp3) is 0.586. The maximum atomic E-state index is 3.23. The number of rotatable bonds is 14. The van der Waals surface area contributed by atoms with Crippen LogP contribution in [0.25, 0.3) is 0 Å². The van der Waals surface area contributed by atoms with E-state index in [0.29, 0.717) is 5.66 Å². The molecule has 0 bridgehead atoms. The van der Waals surface area contributed by atoms with Crippen molar-refractivity contribution in [1.82, 2.24) is 0 Å². The van der Waals surface area contributed by atoms with Crippen molar-refractivity contribution >= 4 is 9.24 Å². The number of benzene rings is 2. The van der Waals surface area contributed by atoms with Crippen LogP contribution in [-0.2, 0) is 25.7 Å². The highest BCUT2D eigenvalue weighted by Crippen LogP contribution is 2.38. The molecule has 0 saturated heterocycles. The van der Waals surface area contributed by atoms with Gasteiger partial charge in [0, 0.05) is 5.66 Å². The second-order valence-corrected chi connectivity index (χ2v) is 9.53. The van der Waals surface area contributed by atoms with E-state index in [1.165, 1.54) is 77.0 Å². The van der Waals surface area contributed by atoms with Crippen LogP contribution in [0.4, 0.5) is 0 Å². The van der Waals surface area contributed by atoms with Crippen molar-refractivity contribution in [3.63, 3.8) is 0 Å². The van der Waals surface area contributed by atoms with E-state index in [9.17, 15) is 0 Å². The average Bonchev–Trinajstić information content (AvgIpc) is 2.78. The number of aryl methyl sites for hydroxylation is 2. The number of unbranched alkanes of at least 4 members (excludes halogenated alkanes) is 4. The lowest BCUT2D eigenvalue weighted by Crippen LogP contribution is -2.08. The minimum absolute atomic E-state index is 0.395. The maximum absolute atomic E-state index is 3.23. The normalized spacial score (nSPS) is 11.4. The van der Waals surface area contributed by atoms with Gasteiger partial charge in [-0.15, -0.1) is 9.24 Å². The lowest BCUT2D eigenvalue weighted by Gasteiger charge is -2.24. The second kappa shape index (κ2) is 14.0. The molecule has 30 heavy (non-hydrogen) atoms. The lowest BCUT2D eigenvalue weighted by molar-refractivity contribution is 0.744. The van der Waals surface area contributed by atoms with Crippen LogP contribution in [0.1, 0.15) is 118 Å². The van der Waals surface area contributed by atoms with Crippen LogP contribution in [0.3, 0.4) is 0 Å². The summed E-state index contributed by atoms with van der Waals surface area (Å²) >= 11 is 0.